The SMILES string of the molecule is C=C1CC=Cc2c1ccn2C(C)(C)C. The minimum Gasteiger partial charge on any atom is -0.342 e. The van der Waals surface area contributed by atoms with E-state index in [0.29, 0.717) is 0 Å². The molecule has 0 unspecified atom stereocenters. The molecule has 0 atom stereocenters. The zero-order chi connectivity index (χ0) is 10.3. The summed E-state index contributed by atoms with van der Waals surface area (Å²) >= 11 is 0. The number of fused-ring (bicyclic) bond motifs is 1. The lowest BCUT2D eigenvalue weighted by molar-refractivity contribution is 0.396. The molecule has 0 aromatic carbocycles. The Morgan fingerprint density at radius 2 is 2.07 bits per heavy atom. The van der Waals surface area contributed by atoms with E-state index in [1.54, 1.807) is 0 Å². The highest BCUT2D eigenvalue weighted by molar-refractivity contribution is 5.77. The van der Waals surface area contributed by atoms with E-state index in [4.69, 9.17) is 0 Å². The maximum Gasteiger partial charge on any atom is 0.0484 e. The predicted octanol–water partition coefficient (Wildman–Crippen LogP) is 3.67. The van der Waals surface area contributed by atoms with Gasteiger partial charge in [0, 0.05) is 23.0 Å². The highest BCUT2D eigenvalue weighted by atomic mass is 15.0. The van der Waals surface area contributed by atoms with E-state index in [1.807, 2.05) is 0 Å². The molecular formula is C13H17N. The standard InChI is InChI=1S/C13H17N/c1-10-6-5-7-12-11(10)8-9-14(12)13(2,3)4/h5,7-9H,1,6H2,2-4H3. The molecule has 0 saturated carbocycles. The van der Waals surface area contributed by atoms with Crippen molar-refractivity contribution in [3.05, 3.63) is 36.2 Å². The van der Waals surface area contributed by atoms with E-state index in [9.17, 15) is 0 Å². The first-order chi connectivity index (χ1) is 6.50. The van der Waals surface area contributed by atoms with Gasteiger partial charge in [0.1, 0.15) is 0 Å². The summed E-state index contributed by atoms with van der Waals surface area (Å²) in [6, 6.07) is 2.17. The molecule has 0 fully saturated rings. The summed E-state index contributed by atoms with van der Waals surface area (Å²) in [5.41, 5.74) is 3.98. The van der Waals surface area contributed by atoms with Gasteiger partial charge in [-0.2, -0.15) is 0 Å². The summed E-state index contributed by atoms with van der Waals surface area (Å²) in [4.78, 5) is 0. The first kappa shape index (κ1) is 9.32. The molecule has 1 aliphatic rings. The van der Waals surface area contributed by atoms with Crippen molar-refractivity contribution in [2.45, 2.75) is 32.7 Å². The van der Waals surface area contributed by atoms with Crippen LogP contribution in [0.2, 0.25) is 0 Å². The van der Waals surface area contributed by atoms with E-state index in [2.05, 4.69) is 56.3 Å². The van der Waals surface area contributed by atoms with Gasteiger partial charge in [0.2, 0.25) is 0 Å². The Bertz CT molecular complexity index is 399. The Labute approximate surface area is 85.7 Å². The lowest BCUT2D eigenvalue weighted by Crippen LogP contribution is -2.22. The average molecular weight is 187 g/mol. The van der Waals surface area contributed by atoms with Gasteiger partial charge in [0.25, 0.3) is 0 Å². The van der Waals surface area contributed by atoms with Gasteiger partial charge in [-0.3, -0.25) is 0 Å². The highest BCUT2D eigenvalue weighted by Gasteiger charge is 2.19. The van der Waals surface area contributed by atoms with Crippen molar-refractivity contribution < 1.29 is 0 Å². The maximum absolute atomic E-state index is 4.09. The third-order valence-electron chi connectivity index (χ3n) is 2.67. The third kappa shape index (κ3) is 1.33. The van der Waals surface area contributed by atoms with Crippen molar-refractivity contribution in [2.24, 2.45) is 0 Å². The Kier molecular flexibility index (Phi) is 1.91. The molecule has 74 valence electrons. The molecule has 1 aromatic heterocycles. The molecule has 1 nitrogen and oxygen atoms in total. The second-order valence-electron chi connectivity index (χ2n) is 4.87. The van der Waals surface area contributed by atoms with Crippen LogP contribution in [0.3, 0.4) is 0 Å². The summed E-state index contributed by atoms with van der Waals surface area (Å²) in [5.74, 6) is 0. The molecule has 0 radical (unpaired) electrons. The largest absolute Gasteiger partial charge is 0.342 e. The van der Waals surface area contributed by atoms with Crippen LogP contribution in [0.4, 0.5) is 0 Å². The van der Waals surface area contributed by atoms with E-state index < -0.39 is 0 Å². The van der Waals surface area contributed by atoms with Crippen molar-refractivity contribution in [3.8, 4) is 0 Å². The fraction of sp³-hybridized carbons (Fsp3) is 0.385. The van der Waals surface area contributed by atoms with Gasteiger partial charge in [0.05, 0.1) is 0 Å². The number of hydrogen-bond donors (Lipinski definition) is 0. The van der Waals surface area contributed by atoms with E-state index in [-0.39, 0.29) is 5.54 Å². The van der Waals surface area contributed by atoms with Gasteiger partial charge in [-0.25, -0.2) is 0 Å². The molecule has 1 aliphatic carbocycles. The smallest absolute Gasteiger partial charge is 0.0484 e. The quantitative estimate of drug-likeness (QED) is 0.584. The fourth-order valence-electron chi connectivity index (χ4n) is 1.92. The molecule has 0 aliphatic heterocycles. The van der Waals surface area contributed by atoms with Crippen LogP contribution in [0, 0.1) is 0 Å². The third-order valence-corrected chi connectivity index (χ3v) is 2.67. The minimum absolute atomic E-state index is 0.148. The first-order valence-corrected chi connectivity index (χ1v) is 5.06. The molecule has 1 aromatic rings. The second-order valence-corrected chi connectivity index (χ2v) is 4.87. The molecule has 0 bridgehead atoms. The zero-order valence-electron chi connectivity index (χ0n) is 9.17. The maximum atomic E-state index is 4.09. The lowest BCUT2D eigenvalue weighted by Gasteiger charge is -2.25. The van der Waals surface area contributed by atoms with E-state index >= 15 is 0 Å². The molecule has 14 heavy (non-hydrogen) atoms. The summed E-state index contributed by atoms with van der Waals surface area (Å²) in [6.45, 7) is 10.7. The average Bonchev–Trinajstić information content (AvgIpc) is 2.47. The number of allylic oxidation sites excluding steroid dienone is 2. The Balaban J connectivity index is 2.59. The molecule has 2 rings (SSSR count). The molecular weight excluding hydrogens is 170 g/mol. The van der Waals surface area contributed by atoms with Crippen LogP contribution in [0.25, 0.3) is 11.6 Å². The number of hydrogen-bond acceptors (Lipinski definition) is 0. The van der Waals surface area contributed by atoms with Gasteiger partial charge in [0.15, 0.2) is 0 Å². The van der Waals surface area contributed by atoms with Gasteiger partial charge < -0.3 is 4.57 Å². The lowest BCUT2D eigenvalue weighted by atomic mass is 9.98. The van der Waals surface area contributed by atoms with Crippen LogP contribution in [0.1, 0.15) is 38.4 Å². The number of rotatable bonds is 0. The second kappa shape index (κ2) is 2.88. The number of aromatic nitrogens is 1. The van der Waals surface area contributed by atoms with Crippen LogP contribution in [-0.2, 0) is 5.54 Å². The van der Waals surface area contributed by atoms with Crippen LogP contribution in [0.5, 0.6) is 0 Å². The van der Waals surface area contributed by atoms with E-state index in [0.717, 1.165) is 6.42 Å². The van der Waals surface area contributed by atoms with Crippen molar-refractivity contribution in [1.82, 2.24) is 4.57 Å². The van der Waals surface area contributed by atoms with Crippen LogP contribution >= 0.6 is 0 Å². The van der Waals surface area contributed by atoms with Crippen LogP contribution in [-0.4, -0.2) is 4.57 Å². The van der Waals surface area contributed by atoms with Crippen LogP contribution in [0.15, 0.2) is 24.9 Å². The predicted molar refractivity (Wildman–Crippen MR) is 62.1 cm³/mol. The van der Waals surface area contributed by atoms with Crippen molar-refractivity contribution in [2.75, 3.05) is 0 Å². The normalized spacial score (nSPS) is 15.8. The summed E-state index contributed by atoms with van der Waals surface area (Å²) < 4.78 is 2.31. The molecule has 0 N–H and O–H groups in total. The molecule has 0 saturated heterocycles. The Hall–Kier alpha value is -1.24. The topological polar surface area (TPSA) is 4.93 Å². The molecule has 1 heteroatoms. The summed E-state index contributed by atoms with van der Waals surface area (Å²) in [5, 5.41) is 0. The van der Waals surface area contributed by atoms with Gasteiger partial charge in [-0.05, 0) is 44.9 Å². The van der Waals surface area contributed by atoms with Gasteiger partial charge in [-0.1, -0.05) is 12.7 Å². The van der Waals surface area contributed by atoms with E-state index in [1.165, 1.54) is 16.8 Å². The molecule has 1 heterocycles. The summed E-state index contributed by atoms with van der Waals surface area (Å²) in [7, 11) is 0. The summed E-state index contributed by atoms with van der Waals surface area (Å²) in [6.07, 6.45) is 7.54. The van der Waals surface area contributed by atoms with Gasteiger partial charge in [-0.15, -0.1) is 0 Å². The molecule has 0 amide bonds. The molecule has 0 spiro atoms. The van der Waals surface area contributed by atoms with Crippen molar-refractivity contribution in [1.29, 1.82) is 0 Å². The Morgan fingerprint density at radius 3 is 2.71 bits per heavy atom. The first-order valence-electron chi connectivity index (χ1n) is 5.06. The van der Waals surface area contributed by atoms with Crippen molar-refractivity contribution in [3.63, 3.8) is 0 Å². The number of nitrogens with zero attached hydrogens (tertiary/aromatic N) is 1. The van der Waals surface area contributed by atoms with Crippen LogP contribution < -0.4 is 0 Å². The van der Waals surface area contributed by atoms with Crippen molar-refractivity contribution >= 4 is 11.6 Å². The zero-order valence-corrected chi connectivity index (χ0v) is 9.17. The highest BCUT2D eigenvalue weighted by Crippen LogP contribution is 2.31. The minimum atomic E-state index is 0.148. The Morgan fingerprint density at radius 1 is 1.36 bits per heavy atom. The monoisotopic (exact) mass is 187 g/mol. The fourth-order valence-corrected chi connectivity index (χ4v) is 1.92. The van der Waals surface area contributed by atoms with Gasteiger partial charge >= 0.3 is 0 Å².